The fraction of sp³-hybridized carbons (Fsp3) is 0.500. The average molecular weight is 207 g/mol. The molecule has 3 heteroatoms. The molecule has 1 atom stereocenters. The van der Waals surface area contributed by atoms with Crippen LogP contribution in [-0.4, -0.2) is 33.2 Å². The van der Waals surface area contributed by atoms with Crippen LogP contribution < -0.4 is 9.47 Å². The van der Waals surface area contributed by atoms with E-state index in [1.54, 1.807) is 14.2 Å². The molecular weight excluding hydrogens is 190 g/mol. The van der Waals surface area contributed by atoms with Crippen LogP contribution in [0.5, 0.6) is 11.5 Å². The molecule has 0 fully saturated rings. The summed E-state index contributed by atoms with van der Waals surface area (Å²) in [5, 5.41) is 0. The second kappa shape index (κ2) is 3.74. The fourth-order valence-corrected chi connectivity index (χ4v) is 2.07. The number of ether oxygens (including phenoxy) is 2. The predicted octanol–water partition coefficient (Wildman–Crippen LogP) is 1.86. The van der Waals surface area contributed by atoms with Gasteiger partial charge in [0.2, 0.25) is 0 Å². The number of methoxy groups -OCH3 is 2. The quantitative estimate of drug-likeness (QED) is 0.755. The van der Waals surface area contributed by atoms with E-state index in [2.05, 4.69) is 31.1 Å². The highest BCUT2D eigenvalue weighted by Crippen LogP contribution is 2.42. The lowest BCUT2D eigenvalue weighted by Crippen LogP contribution is -2.30. The molecule has 0 amide bonds. The van der Waals surface area contributed by atoms with Crippen LogP contribution in [0.15, 0.2) is 12.1 Å². The molecule has 0 saturated carbocycles. The van der Waals surface area contributed by atoms with Gasteiger partial charge in [-0.1, -0.05) is 0 Å². The topological polar surface area (TPSA) is 21.7 Å². The Morgan fingerprint density at radius 1 is 1.13 bits per heavy atom. The van der Waals surface area contributed by atoms with Crippen molar-refractivity contribution in [3.8, 4) is 11.5 Å². The second-order valence-corrected chi connectivity index (χ2v) is 4.09. The maximum absolute atomic E-state index is 5.29. The Morgan fingerprint density at radius 3 is 2.27 bits per heavy atom. The minimum Gasteiger partial charge on any atom is -0.493 e. The summed E-state index contributed by atoms with van der Waals surface area (Å²) in [5.41, 5.74) is 2.73. The Morgan fingerprint density at radius 2 is 1.73 bits per heavy atom. The number of benzene rings is 1. The highest BCUT2D eigenvalue weighted by Gasteiger charge is 2.29. The molecule has 1 aromatic rings. The Hall–Kier alpha value is -1.22. The molecule has 0 aliphatic heterocycles. The summed E-state index contributed by atoms with van der Waals surface area (Å²) in [6, 6.07) is 4.69. The van der Waals surface area contributed by atoms with Gasteiger partial charge in [-0.15, -0.1) is 0 Å². The van der Waals surface area contributed by atoms with Gasteiger partial charge in [0.15, 0.2) is 11.5 Å². The van der Waals surface area contributed by atoms with E-state index in [0.717, 1.165) is 17.9 Å². The van der Waals surface area contributed by atoms with Crippen molar-refractivity contribution in [1.82, 2.24) is 4.90 Å². The maximum Gasteiger partial charge on any atom is 0.161 e. The molecule has 1 aliphatic carbocycles. The average Bonchev–Trinajstić information content (AvgIpc) is 2.19. The van der Waals surface area contributed by atoms with Crippen LogP contribution >= 0.6 is 0 Å². The van der Waals surface area contributed by atoms with Crippen molar-refractivity contribution in [3.63, 3.8) is 0 Å². The number of hydrogen-bond donors (Lipinski definition) is 0. The van der Waals surface area contributed by atoms with Crippen LogP contribution in [0.1, 0.15) is 17.2 Å². The smallest absolute Gasteiger partial charge is 0.161 e. The minimum absolute atomic E-state index is 0.528. The molecule has 0 aromatic heterocycles. The normalized spacial score (nSPS) is 18.3. The standard InChI is InChI=1S/C12H17NO2/c1-13(2)10-5-8-6-11(14-3)12(15-4)7-9(8)10/h6-7,10H,5H2,1-4H3. The molecule has 0 spiro atoms. The second-order valence-electron chi connectivity index (χ2n) is 4.09. The lowest BCUT2D eigenvalue weighted by Gasteiger charge is -2.36. The first-order valence-electron chi connectivity index (χ1n) is 5.08. The third kappa shape index (κ3) is 1.57. The summed E-state index contributed by atoms with van der Waals surface area (Å²) in [4.78, 5) is 2.23. The van der Waals surface area contributed by atoms with Crippen LogP contribution in [0.25, 0.3) is 0 Å². The molecule has 1 unspecified atom stereocenters. The van der Waals surface area contributed by atoms with Crippen molar-refractivity contribution in [2.45, 2.75) is 12.5 Å². The van der Waals surface area contributed by atoms with E-state index in [1.807, 2.05) is 0 Å². The van der Waals surface area contributed by atoms with Crippen LogP contribution in [0.2, 0.25) is 0 Å². The van der Waals surface area contributed by atoms with E-state index < -0.39 is 0 Å². The Balaban J connectivity index is 2.36. The summed E-state index contributed by atoms with van der Waals surface area (Å²) in [6.07, 6.45) is 1.10. The van der Waals surface area contributed by atoms with E-state index >= 15 is 0 Å². The monoisotopic (exact) mass is 207 g/mol. The lowest BCUT2D eigenvalue weighted by atomic mass is 9.82. The Bertz CT molecular complexity index is 374. The van der Waals surface area contributed by atoms with Gasteiger partial charge in [0.05, 0.1) is 14.2 Å². The summed E-state index contributed by atoms with van der Waals surface area (Å²) < 4.78 is 10.6. The molecule has 15 heavy (non-hydrogen) atoms. The van der Waals surface area contributed by atoms with Gasteiger partial charge in [0.25, 0.3) is 0 Å². The van der Waals surface area contributed by atoms with E-state index in [9.17, 15) is 0 Å². The number of hydrogen-bond acceptors (Lipinski definition) is 3. The number of rotatable bonds is 3. The summed E-state index contributed by atoms with van der Waals surface area (Å²) in [6.45, 7) is 0. The number of fused-ring (bicyclic) bond motifs is 1. The maximum atomic E-state index is 5.29. The zero-order chi connectivity index (χ0) is 11.0. The van der Waals surface area contributed by atoms with Crippen molar-refractivity contribution < 1.29 is 9.47 Å². The highest BCUT2D eigenvalue weighted by molar-refractivity contribution is 5.52. The van der Waals surface area contributed by atoms with Gasteiger partial charge < -0.3 is 14.4 Å². The van der Waals surface area contributed by atoms with E-state index in [-0.39, 0.29) is 0 Å². The summed E-state index contributed by atoms with van der Waals surface area (Å²) >= 11 is 0. The molecule has 0 saturated heterocycles. The van der Waals surface area contributed by atoms with Gasteiger partial charge in [-0.3, -0.25) is 0 Å². The van der Waals surface area contributed by atoms with Gasteiger partial charge in [0, 0.05) is 6.04 Å². The molecule has 1 aliphatic rings. The zero-order valence-corrected chi connectivity index (χ0v) is 9.70. The lowest BCUT2D eigenvalue weighted by molar-refractivity contribution is 0.266. The molecule has 1 aromatic carbocycles. The van der Waals surface area contributed by atoms with Gasteiger partial charge >= 0.3 is 0 Å². The predicted molar refractivity (Wildman–Crippen MR) is 59.7 cm³/mol. The largest absolute Gasteiger partial charge is 0.493 e. The first-order valence-corrected chi connectivity index (χ1v) is 5.08. The summed E-state index contributed by atoms with van der Waals surface area (Å²) in [7, 11) is 7.55. The van der Waals surface area contributed by atoms with Gasteiger partial charge in [-0.05, 0) is 43.8 Å². The first kappa shape index (κ1) is 10.3. The highest BCUT2D eigenvalue weighted by atomic mass is 16.5. The van der Waals surface area contributed by atoms with Crippen LogP contribution in [-0.2, 0) is 6.42 Å². The molecule has 0 radical (unpaired) electrons. The number of nitrogens with zero attached hydrogens (tertiary/aromatic N) is 1. The van der Waals surface area contributed by atoms with Crippen molar-refractivity contribution in [2.75, 3.05) is 28.3 Å². The summed E-state index contributed by atoms with van der Waals surface area (Å²) in [5.74, 6) is 1.65. The molecule has 3 nitrogen and oxygen atoms in total. The van der Waals surface area contributed by atoms with Crippen LogP contribution in [0.4, 0.5) is 0 Å². The third-order valence-corrected chi connectivity index (χ3v) is 3.04. The van der Waals surface area contributed by atoms with Gasteiger partial charge in [0.1, 0.15) is 0 Å². The van der Waals surface area contributed by atoms with Crippen molar-refractivity contribution in [3.05, 3.63) is 23.3 Å². The third-order valence-electron chi connectivity index (χ3n) is 3.04. The van der Waals surface area contributed by atoms with Gasteiger partial charge in [-0.25, -0.2) is 0 Å². The molecule has 0 N–H and O–H groups in total. The first-order chi connectivity index (χ1) is 7.17. The van der Waals surface area contributed by atoms with Crippen LogP contribution in [0, 0.1) is 0 Å². The minimum atomic E-state index is 0.528. The molecular formula is C12H17NO2. The Labute approximate surface area is 90.6 Å². The van der Waals surface area contributed by atoms with E-state index in [0.29, 0.717) is 6.04 Å². The Kier molecular flexibility index (Phi) is 2.57. The van der Waals surface area contributed by atoms with Gasteiger partial charge in [-0.2, -0.15) is 0 Å². The molecule has 2 rings (SSSR count). The van der Waals surface area contributed by atoms with Crippen LogP contribution in [0.3, 0.4) is 0 Å². The van der Waals surface area contributed by atoms with Crippen molar-refractivity contribution in [2.24, 2.45) is 0 Å². The number of likely N-dealkylation sites (N-methyl/N-ethyl adjacent to an activating group) is 1. The molecule has 0 heterocycles. The van der Waals surface area contributed by atoms with E-state index in [4.69, 9.17) is 9.47 Å². The zero-order valence-electron chi connectivity index (χ0n) is 9.70. The fourth-order valence-electron chi connectivity index (χ4n) is 2.07. The molecule has 0 bridgehead atoms. The van der Waals surface area contributed by atoms with E-state index in [1.165, 1.54) is 11.1 Å². The van der Waals surface area contributed by atoms with Crippen molar-refractivity contribution in [1.29, 1.82) is 0 Å². The SMILES string of the molecule is COc1cc2c(cc1OC)C(N(C)C)C2. The molecule has 82 valence electrons. The van der Waals surface area contributed by atoms with Crippen molar-refractivity contribution >= 4 is 0 Å².